The molecule has 0 spiro atoms. The van der Waals surface area contributed by atoms with Crippen molar-refractivity contribution in [2.24, 2.45) is 5.92 Å². The van der Waals surface area contributed by atoms with E-state index >= 15 is 0 Å². The Morgan fingerprint density at radius 2 is 2.25 bits per heavy atom. The van der Waals surface area contributed by atoms with Gasteiger partial charge in [0.05, 0.1) is 5.69 Å². The average molecular weight is 274 g/mol. The molecule has 2 N–H and O–H groups in total. The molecule has 1 aromatic rings. The van der Waals surface area contributed by atoms with Gasteiger partial charge in [-0.15, -0.1) is 0 Å². The molecule has 0 bridgehead atoms. The number of nitriles is 1. The third kappa shape index (κ3) is 3.09. The third-order valence-electron chi connectivity index (χ3n) is 4.15. The summed E-state index contributed by atoms with van der Waals surface area (Å²) in [6.45, 7) is 7.48. The molecule has 1 atom stereocenters. The van der Waals surface area contributed by atoms with Gasteiger partial charge in [0.15, 0.2) is 0 Å². The van der Waals surface area contributed by atoms with Crippen molar-refractivity contribution in [3.8, 4) is 6.07 Å². The Morgan fingerprint density at radius 1 is 1.45 bits per heavy atom. The molecule has 0 aromatic carbocycles. The van der Waals surface area contributed by atoms with Crippen LogP contribution in [-0.4, -0.2) is 17.7 Å². The average Bonchev–Trinajstić information content (AvgIpc) is 2.75. The topological polar surface area (TPSA) is 58.0 Å². The number of nitrogens with zero attached hydrogens (tertiary/aromatic N) is 3. The van der Waals surface area contributed by atoms with E-state index in [0.29, 0.717) is 11.6 Å². The molecule has 0 aliphatic carbocycles. The van der Waals surface area contributed by atoms with E-state index < -0.39 is 0 Å². The SMILES string of the molecule is CCCCCn1c(C#N)cc(N)c1N1CCC[C@H](C)C1. The lowest BCUT2D eigenvalue weighted by Gasteiger charge is -2.34. The molecule has 0 radical (unpaired) electrons. The quantitative estimate of drug-likeness (QED) is 0.837. The van der Waals surface area contributed by atoms with Gasteiger partial charge >= 0.3 is 0 Å². The predicted octanol–water partition coefficient (Wildman–Crippen LogP) is 3.37. The first-order valence-corrected chi connectivity index (χ1v) is 7.81. The Labute approximate surface area is 122 Å². The number of hydrogen-bond donors (Lipinski definition) is 1. The molecule has 110 valence electrons. The van der Waals surface area contributed by atoms with Crippen molar-refractivity contribution >= 4 is 11.5 Å². The molecule has 1 saturated heterocycles. The van der Waals surface area contributed by atoms with Crippen molar-refractivity contribution in [2.75, 3.05) is 23.7 Å². The van der Waals surface area contributed by atoms with Crippen molar-refractivity contribution in [2.45, 2.75) is 52.5 Å². The molecule has 1 fully saturated rings. The molecule has 1 aliphatic rings. The first kappa shape index (κ1) is 14.8. The van der Waals surface area contributed by atoms with E-state index in [1.165, 1.54) is 25.7 Å². The highest BCUT2D eigenvalue weighted by Crippen LogP contribution is 2.31. The van der Waals surface area contributed by atoms with Gasteiger partial charge in [0, 0.05) is 19.6 Å². The van der Waals surface area contributed by atoms with Crippen molar-refractivity contribution in [3.05, 3.63) is 11.8 Å². The lowest BCUT2D eigenvalue weighted by atomic mass is 10.0. The second kappa shape index (κ2) is 6.69. The maximum atomic E-state index is 9.32. The van der Waals surface area contributed by atoms with Gasteiger partial charge in [-0.05, 0) is 31.2 Å². The molecule has 4 nitrogen and oxygen atoms in total. The second-order valence-corrected chi connectivity index (χ2v) is 5.97. The van der Waals surface area contributed by atoms with Gasteiger partial charge in [0.25, 0.3) is 0 Å². The lowest BCUT2D eigenvalue weighted by molar-refractivity contribution is 0.439. The van der Waals surface area contributed by atoms with Crippen LogP contribution in [0.4, 0.5) is 11.5 Å². The monoisotopic (exact) mass is 274 g/mol. The van der Waals surface area contributed by atoms with Gasteiger partial charge in [-0.1, -0.05) is 26.7 Å². The molecule has 0 unspecified atom stereocenters. The summed E-state index contributed by atoms with van der Waals surface area (Å²) in [4.78, 5) is 2.37. The van der Waals surface area contributed by atoms with Gasteiger partial charge in [-0.3, -0.25) is 0 Å². The minimum absolute atomic E-state index is 0.701. The molecule has 0 saturated carbocycles. The number of unbranched alkanes of at least 4 members (excludes halogenated alkanes) is 2. The van der Waals surface area contributed by atoms with Crippen molar-refractivity contribution in [3.63, 3.8) is 0 Å². The molecule has 0 amide bonds. The van der Waals surface area contributed by atoms with E-state index in [4.69, 9.17) is 5.73 Å². The Balaban J connectivity index is 2.25. The van der Waals surface area contributed by atoms with Crippen LogP contribution in [0.5, 0.6) is 0 Å². The summed E-state index contributed by atoms with van der Waals surface area (Å²) in [7, 11) is 0. The number of piperidine rings is 1. The third-order valence-corrected chi connectivity index (χ3v) is 4.15. The predicted molar refractivity (Wildman–Crippen MR) is 83.7 cm³/mol. The van der Waals surface area contributed by atoms with Crippen molar-refractivity contribution < 1.29 is 0 Å². The van der Waals surface area contributed by atoms with Crippen LogP contribution in [0.1, 0.15) is 51.6 Å². The van der Waals surface area contributed by atoms with Crippen LogP contribution in [0, 0.1) is 17.2 Å². The van der Waals surface area contributed by atoms with Gasteiger partial charge in [-0.25, -0.2) is 0 Å². The maximum absolute atomic E-state index is 9.32. The van der Waals surface area contributed by atoms with Crippen LogP contribution < -0.4 is 10.6 Å². The van der Waals surface area contributed by atoms with E-state index in [1.807, 2.05) is 6.07 Å². The van der Waals surface area contributed by atoms with Crippen LogP contribution in [0.3, 0.4) is 0 Å². The van der Waals surface area contributed by atoms with Gasteiger partial charge in [0.2, 0.25) is 0 Å². The summed E-state index contributed by atoms with van der Waals surface area (Å²) < 4.78 is 2.13. The maximum Gasteiger partial charge on any atom is 0.133 e. The van der Waals surface area contributed by atoms with Gasteiger partial charge in [0.1, 0.15) is 17.6 Å². The number of aromatic nitrogens is 1. The van der Waals surface area contributed by atoms with Crippen LogP contribution in [0.15, 0.2) is 6.07 Å². The first-order valence-electron chi connectivity index (χ1n) is 7.81. The number of hydrogen-bond acceptors (Lipinski definition) is 3. The molecule has 2 heterocycles. The second-order valence-electron chi connectivity index (χ2n) is 5.97. The summed E-state index contributed by atoms with van der Waals surface area (Å²) in [5.74, 6) is 1.77. The molecular formula is C16H26N4. The minimum atomic E-state index is 0.701. The van der Waals surface area contributed by atoms with E-state index in [-0.39, 0.29) is 0 Å². The smallest absolute Gasteiger partial charge is 0.133 e. The largest absolute Gasteiger partial charge is 0.396 e. The normalized spacial score (nSPS) is 19.1. The standard InChI is InChI=1S/C16H26N4/c1-3-4-5-9-20-14(11-17)10-15(18)16(20)19-8-6-7-13(2)12-19/h10,13H,3-9,12,18H2,1-2H3/t13-/m0/s1. The Bertz CT molecular complexity index is 483. The lowest BCUT2D eigenvalue weighted by Crippen LogP contribution is -2.36. The van der Waals surface area contributed by atoms with E-state index in [0.717, 1.165) is 37.6 Å². The summed E-state index contributed by atoms with van der Waals surface area (Å²) in [6.07, 6.45) is 5.99. The fourth-order valence-electron chi connectivity index (χ4n) is 3.13. The van der Waals surface area contributed by atoms with Crippen LogP contribution in [-0.2, 0) is 6.54 Å². The fourth-order valence-corrected chi connectivity index (χ4v) is 3.13. The molecule has 1 aromatic heterocycles. The minimum Gasteiger partial charge on any atom is -0.396 e. The zero-order valence-electron chi connectivity index (χ0n) is 12.7. The molecule has 1 aliphatic heterocycles. The number of anilines is 2. The van der Waals surface area contributed by atoms with Crippen LogP contribution in [0.25, 0.3) is 0 Å². The Morgan fingerprint density at radius 3 is 2.90 bits per heavy atom. The fraction of sp³-hybridized carbons (Fsp3) is 0.688. The molecule has 4 heteroatoms. The van der Waals surface area contributed by atoms with Crippen molar-refractivity contribution in [1.82, 2.24) is 4.57 Å². The van der Waals surface area contributed by atoms with E-state index in [2.05, 4.69) is 29.4 Å². The van der Waals surface area contributed by atoms with E-state index in [9.17, 15) is 5.26 Å². The zero-order chi connectivity index (χ0) is 14.5. The highest BCUT2D eigenvalue weighted by Gasteiger charge is 2.23. The Hall–Kier alpha value is -1.63. The van der Waals surface area contributed by atoms with Gasteiger partial charge < -0.3 is 15.2 Å². The van der Waals surface area contributed by atoms with Crippen LogP contribution >= 0.6 is 0 Å². The molecule has 20 heavy (non-hydrogen) atoms. The van der Waals surface area contributed by atoms with E-state index in [1.54, 1.807) is 0 Å². The van der Waals surface area contributed by atoms with Crippen molar-refractivity contribution in [1.29, 1.82) is 5.26 Å². The highest BCUT2D eigenvalue weighted by molar-refractivity contribution is 5.68. The first-order chi connectivity index (χ1) is 9.67. The molecular weight excluding hydrogens is 248 g/mol. The van der Waals surface area contributed by atoms with Gasteiger partial charge in [-0.2, -0.15) is 5.26 Å². The zero-order valence-corrected chi connectivity index (χ0v) is 12.7. The Kier molecular flexibility index (Phi) is 4.94. The molecule has 2 rings (SSSR count). The number of rotatable bonds is 5. The summed E-state index contributed by atoms with van der Waals surface area (Å²) in [5, 5.41) is 9.32. The number of nitrogens with two attached hydrogens (primary N) is 1. The summed E-state index contributed by atoms with van der Waals surface area (Å²) in [5.41, 5.74) is 7.64. The summed E-state index contributed by atoms with van der Waals surface area (Å²) >= 11 is 0. The summed E-state index contributed by atoms with van der Waals surface area (Å²) in [6, 6.07) is 4.12. The van der Waals surface area contributed by atoms with Crippen LogP contribution in [0.2, 0.25) is 0 Å². The highest BCUT2D eigenvalue weighted by atomic mass is 15.3. The number of nitrogen functional groups attached to an aromatic ring is 1.